The van der Waals surface area contributed by atoms with Crippen LogP contribution in [-0.2, 0) is 24.3 Å². The van der Waals surface area contributed by atoms with Crippen LogP contribution in [0.25, 0.3) is 11.0 Å². The number of hydrogen-bond donors (Lipinski definition) is 1. The summed E-state index contributed by atoms with van der Waals surface area (Å²) < 4.78 is 8.23. The van der Waals surface area contributed by atoms with E-state index in [1.807, 2.05) is 25.1 Å². The number of benzene rings is 1. The summed E-state index contributed by atoms with van der Waals surface area (Å²) in [6, 6.07) is 10.3. The van der Waals surface area contributed by atoms with E-state index in [-0.39, 0.29) is 0 Å². The zero-order valence-electron chi connectivity index (χ0n) is 15.5. The third-order valence-electron chi connectivity index (χ3n) is 5.21. The first-order valence-electron chi connectivity index (χ1n) is 9.37. The molecule has 0 spiro atoms. The Labute approximate surface area is 154 Å². The summed E-state index contributed by atoms with van der Waals surface area (Å²) in [7, 11) is 0. The molecular formula is C21H26N4O. The van der Waals surface area contributed by atoms with Gasteiger partial charge < -0.3 is 15.0 Å². The van der Waals surface area contributed by atoms with Crippen LogP contribution in [0.4, 0.5) is 5.82 Å². The molecule has 0 unspecified atom stereocenters. The number of hydrogen-bond acceptors (Lipinski definition) is 4. The normalized spacial score (nSPS) is 14.2. The van der Waals surface area contributed by atoms with Gasteiger partial charge in [0.25, 0.3) is 0 Å². The number of fused-ring (bicyclic) bond motifs is 1. The number of pyridine rings is 1. The third kappa shape index (κ3) is 3.44. The van der Waals surface area contributed by atoms with Crippen molar-refractivity contribution in [2.24, 2.45) is 5.92 Å². The maximum Gasteiger partial charge on any atom is 0.151 e. The van der Waals surface area contributed by atoms with E-state index in [4.69, 9.17) is 15.5 Å². The molecule has 2 N–H and O–H groups in total. The molecule has 26 heavy (non-hydrogen) atoms. The Balaban J connectivity index is 1.57. The molecule has 2 aromatic heterocycles. The van der Waals surface area contributed by atoms with Gasteiger partial charge in [-0.1, -0.05) is 30.3 Å². The van der Waals surface area contributed by atoms with Gasteiger partial charge in [0, 0.05) is 18.7 Å². The summed E-state index contributed by atoms with van der Waals surface area (Å²) in [6.45, 7) is 6.18. The molecule has 1 aliphatic carbocycles. The number of nitrogens with two attached hydrogens (primary N) is 1. The number of imidazole rings is 1. The molecule has 2 heterocycles. The van der Waals surface area contributed by atoms with Gasteiger partial charge in [0.05, 0.1) is 18.7 Å². The Morgan fingerprint density at radius 1 is 1.15 bits per heavy atom. The van der Waals surface area contributed by atoms with E-state index >= 15 is 0 Å². The Bertz CT molecular complexity index is 913. The van der Waals surface area contributed by atoms with Crippen LogP contribution in [0.3, 0.4) is 0 Å². The van der Waals surface area contributed by atoms with Crippen molar-refractivity contribution in [1.82, 2.24) is 14.5 Å². The lowest BCUT2D eigenvalue weighted by molar-refractivity contribution is 0.113. The smallest absolute Gasteiger partial charge is 0.151 e. The van der Waals surface area contributed by atoms with Crippen LogP contribution >= 0.6 is 0 Å². The maximum absolute atomic E-state index is 6.17. The highest BCUT2D eigenvalue weighted by molar-refractivity contribution is 5.88. The minimum atomic E-state index is 0.532. The lowest BCUT2D eigenvalue weighted by Gasteiger charge is -2.12. The first kappa shape index (κ1) is 17.0. The summed E-state index contributed by atoms with van der Waals surface area (Å²) in [5.41, 5.74) is 11.5. The van der Waals surface area contributed by atoms with Crippen LogP contribution in [0.5, 0.6) is 0 Å². The van der Waals surface area contributed by atoms with E-state index in [0.717, 1.165) is 47.0 Å². The van der Waals surface area contributed by atoms with Crippen LogP contribution in [0, 0.1) is 19.8 Å². The van der Waals surface area contributed by atoms with Crippen LogP contribution in [0.15, 0.2) is 30.3 Å². The largest absolute Gasteiger partial charge is 0.382 e. The first-order chi connectivity index (χ1) is 12.6. The molecule has 4 rings (SSSR count). The van der Waals surface area contributed by atoms with E-state index in [9.17, 15) is 0 Å². The predicted octanol–water partition coefficient (Wildman–Crippen LogP) is 3.80. The van der Waals surface area contributed by atoms with Gasteiger partial charge >= 0.3 is 0 Å². The van der Waals surface area contributed by atoms with E-state index in [2.05, 4.69) is 28.6 Å². The highest BCUT2D eigenvalue weighted by atomic mass is 16.5. The van der Waals surface area contributed by atoms with Gasteiger partial charge in [-0.15, -0.1) is 0 Å². The Morgan fingerprint density at radius 3 is 2.65 bits per heavy atom. The van der Waals surface area contributed by atoms with Gasteiger partial charge in [0.15, 0.2) is 5.82 Å². The van der Waals surface area contributed by atoms with Crippen LogP contribution in [0.2, 0.25) is 0 Å². The fraction of sp³-hybridized carbons (Fsp3) is 0.429. The van der Waals surface area contributed by atoms with E-state index in [0.29, 0.717) is 19.0 Å². The SMILES string of the molecule is Cc1nc(N)c2nc(CC3CC3)n(CCOCc3ccccc3)c2c1C. The molecule has 0 bridgehead atoms. The topological polar surface area (TPSA) is 66.0 Å². The summed E-state index contributed by atoms with van der Waals surface area (Å²) >= 11 is 0. The lowest BCUT2D eigenvalue weighted by Crippen LogP contribution is -2.11. The average Bonchev–Trinajstić information content (AvgIpc) is 3.38. The van der Waals surface area contributed by atoms with E-state index in [1.54, 1.807) is 0 Å². The van der Waals surface area contributed by atoms with Crippen molar-refractivity contribution in [2.45, 2.75) is 46.3 Å². The minimum absolute atomic E-state index is 0.532. The Hall–Kier alpha value is -2.40. The van der Waals surface area contributed by atoms with Crippen molar-refractivity contribution in [2.75, 3.05) is 12.3 Å². The molecule has 0 saturated heterocycles. The molecule has 3 aromatic rings. The maximum atomic E-state index is 6.17. The van der Waals surface area contributed by atoms with Gasteiger partial charge in [-0.2, -0.15) is 0 Å². The molecule has 1 aromatic carbocycles. The Kier molecular flexibility index (Phi) is 4.64. The molecule has 0 atom stereocenters. The number of nitrogens with zero attached hydrogens (tertiary/aromatic N) is 3. The van der Waals surface area contributed by atoms with Crippen LogP contribution < -0.4 is 5.73 Å². The second-order valence-corrected chi connectivity index (χ2v) is 7.27. The zero-order valence-corrected chi connectivity index (χ0v) is 15.5. The van der Waals surface area contributed by atoms with Crippen molar-refractivity contribution >= 4 is 16.9 Å². The molecule has 1 fully saturated rings. The van der Waals surface area contributed by atoms with E-state index in [1.165, 1.54) is 18.4 Å². The van der Waals surface area contributed by atoms with E-state index < -0.39 is 0 Å². The monoisotopic (exact) mass is 350 g/mol. The number of rotatable bonds is 7. The first-order valence-corrected chi connectivity index (χ1v) is 9.37. The third-order valence-corrected chi connectivity index (χ3v) is 5.21. The molecule has 5 heteroatoms. The summed E-state index contributed by atoms with van der Waals surface area (Å²) in [5, 5.41) is 0. The number of nitrogen functional groups attached to an aromatic ring is 1. The molecular weight excluding hydrogens is 324 g/mol. The molecule has 0 radical (unpaired) electrons. The van der Waals surface area contributed by atoms with Crippen LogP contribution in [0.1, 0.15) is 35.5 Å². The highest BCUT2D eigenvalue weighted by Crippen LogP contribution is 2.34. The second-order valence-electron chi connectivity index (χ2n) is 7.27. The molecule has 1 aliphatic rings. The van der Waals surface area contributed by atoms with Gasteiger partial charge in [0.2, 0.25) is 0 Å². The number of ether oxygens (including phenoxy) is 1. The number of aryl methyl sites for hydroxylation is 2. The van der Waals surface area contributed by atoms with Crippen molar-refractivity contribution in [3.05, 3.63) is 53.0 Å². The quantitative estimate of drug-likeness (QED) is 0.658. The summed E-state index contributed by atoms with van der Waals surface area (Å²) in [5.74, 6) is 2.42. The van der Waals surface area contributed by atoms with Gasteiger partial charge in [0.1, 0.15) is 11.3 Å². The highest BCUT2D eigenvalue weighted by Gasteiger charge is 2.26. The van der Waals surface area contributed by atoms with Gasteiger partial charge in [-0.3, -0.25) is 0 Å². The minimum Gasteiger partial charge on any atom is -0.382 e. The lowest BCUT2D eigenvalue weighted by atomic mass is 10.2. The standard InChI is InChI=1S/C21H26N4O/c1-14-15(2)23-21(22)19-20(14)25(18(24-19)12-16-8-9-16)10-11-26-13-17-6-4-3-5-7-17/h3-7,16H,8-13H2,1-2H3,(H2,22,23). The molecule has 0 amide bonds. The predicted molar refractivity (Wildman–Crippen MR) is 104 cm³/mol. The summed E-state index contributed by atoms with van der Waals surface area (Å²) in [6.07, 6.45) is 3.63. The van der Waals surface area contributed by atoms with Crippen molar-refractivity contribution in [1.29, 1.82) is 0 Å². The molecule has 0 aliphatic heterocycles. The Morgan fingerprint density at radius 2 is 1.92 bits per heavy atom. The van der Waals surface area contributed by atoms with Crippen molar-refractivity contribution in [3.8, 4) is 0 Å². The summed E-state index contributed by atoms with van der Waals surface area (Å²) in [4.78, 5) is 9.31. The molecule has 1 saturated carbocycles. The average molecular weight is 350 g/mol. The molecule has 136 valence electrons. The van der Waals surface area contributed by atoms with Gasteiger partial charge in [-0.25, -0.2) is 9.97 Å². The zero-order chi connectivity index (χ0) is 18.1. The van der Waals surface area contributed by atoms with Gasteiger partial charge in [-0.05, 0) is 43.7 Å². The van der Waals surface area contributed by atoms with Crippen LogP contribution in [-0.4, -0.2) is 21.1 Å². The number of anilines is 1. The van der Waals surface area contributed by atoms with Crippen molar-refractivity contribution < 1.29 is 4.74 Å². The fourth-order valence-electron chi connectivity index (χ4n) is 3.44. The number of aromatic nitrogens is 3. The fourth-order valence-corrected chi connectivity index (χ4v) is 3.44. The second kappa shape index (κ2) is 7.08. The molecule has 5 nitrogen and oxygen atoms in total. The van der Waals surface area contributed by atoms with Crippen molar-refractivity contribution in [3.63, 3.8) is 0 Å².